The van der Waals surface area contributed by atoms with Crippen molar-refractivity contribution in [2.24, 2.45) is 5.73 Å². The number of rotatable bonds is 38. The van der Waals surface area contributed by atoms with Crippen molar-refractivity contribution in [2.45, 2.75) is 212 Å². The van der Waals surface area contributed by atoms with Gasteiger partial charge in [-0.3, -0.25) is 13.8 Å². The highest BCUT2D eigenvalue weighted by molar-refractivity contribution is 7.47. The van der Waals surface area contributed by atoms with E-state index in [-0.39, 0.29) is 25.7 Å². The molecule has 3 unspecified atom stereocenters. The summed E-state index contributed by atoms with van der Waals surface area (Å²) in [7, 11) is -4.31. The summed E-state index contributed by atoms with van der Waals surface area (Å²) in [6.07, 6.45) is 37.8. The molecule has 0 bridgehead atoms. The molecule has 0 aromatic heterocycles. The van der Waals surface area contributed by atoms with E-state index in [0.29, 0.717) is 12.8 Å². The first-order valence-corrected chi connectivity index (χ1v) is 21.8. The number of hydrogen-bond donors (Lipinski definition) is 4. The molecule has 0 saturated heterocycles. The molecule has 3 atom stereocenters. The number of carbonyl (C=O) groups is 1. The van der Waals surface area contributed by atoms with Crippen molar-refractivity contribution in [1.82, 2.24) is 5.32 Å². The number of hydrogen-bond acceptors (Lipinski definition) is 6. The van der Waals surface area contributed by atoms with Gasteiger partial charge >= 0.3 is 7.82 Å². The molecule has 286 valence electrons. The summed E-state index contributed by atoms with van der Waals surface area (Å²) in [6, 6.07) is -0.774. The zero-order chi connectivity index (χ0) is 35.4. The van der Waals surface area contributed by atoms with E-state index >= 15 is 0 Å². The van der Waals surface area contributed by atoms with E-state index in [1.54, 1.807) is 0 Å². The lowest BCUT2D eigenvalue weighted by Gasteiger charge is -2.25. The number of nitrogens with two attached hydrogens (primary N) is 1. The standard InChI is InChI=1S/C39H79N2O6P/c1-3-5-7-9-11-13-15-17-18-19-21-22-24-26-28-30-32-38(42)37(36-47-48(44,45)46-35-34-40)41-39(43)33-31-29-27-25-23-20-16-14-12-10-8-6-4-2/h14,16,37-38,42H,3-13,15,17-36,40H2,1-2H3,(H,41,43)(H,44,45)/b16-14-. The Kier molecular flexibility index (Phi) is 35.5. The van der Waals surface area contributed by atoms with E-state index in [1.165, 1.54) is 122 Å². The third-order valence-electron chi connectivity index (χ3n) is 9.12. The van der Waals surface area contributed by atoms with Crippen LogP contribution in [0.4, 0.5) is 0 Å². The molecule has 0 aliphatic rings. The molecule has 0 fully saturated rings. The first-order valence-electron chi connectivity index (χ1n) is 20.3. The van der Waals surface area contributed by atoms with Gasteiger partial charge in [-0.15, -0.1) is 0 Å². The molecule has 48 heavy (non-hydrogen) atoms. The topological polar surface area (TPSA) is 131 Å². The Labute approximate surface area is 296 Å². The van der Waals surface area contributed by atoms with Gasteiger partial charge in [-0.05, 0) is 38.5 Å². The third kappa shape index (κ3) is 33.7. The third-order valence-corrected chi connectivity index (χ3v) is 10.1. The van der Waals surface area contributed by atoms with Gasteiger partial charge in [0.15, 0.2) is 0 Å². The lowest BCUT2D eigenvalue weighted by atomic mass is 10.0. The second kappa shape index (κ2) is 36.0. The van der Waals surface area contributed by atoms with Crippen LogP contribution < -0.4 is 11.1 Å². The number of phosphoric acid groups is 1. The van der Waals surface area contributed by atoms with Crippen molar-refractivity contribution < 1.29 is 28.4 Å². The number of phosphoric ester groups is 1. The Bertz CT molecular complexity index is 769. The molecule has 0 aliphatic heterocycles. The van der Waals surface area contributed by atoms with Gasteiger partial charge in [0.2, 0.25) is 5.91 Å². The van der Waals surface area contributed by atoms with Crippen molar-refractivity contribution in [3.8, 4) is 0 Å². The lowest BCUT2D eigenvalue weighted by Crippen LogP contribution is -2.46. The normalized spacial score (nSPS) is 14.4. The average molecular weight is 703 g/mol. The van der Waals surface area contributed by atoms with Crippen LogP contribution in [0.5, 0.6) is 0 Å². The Balaban J connectivity index is 4.20. The van der Waals surface area contributed by atoms with E-state index in [0.717, 1.165) is 51.4 Å². The summed E-state index contributed by atoms with van der Waals surface area (Å²) in [4.78, 5) is 22.6. The van der Waals surface area contributed by atoms with E-state index in [4.69, 9.17) is 14.8 Å². The van der Waals surface area contributed by atoms with Gasteiger partial charge in [0, 0.05) is 13.0 Å². The minimum atomic E-state index is -4.31. The molecule has 0 radical (unpaired) electrons. The molecule has 1 amide bonds. The van der Waals surface area contributed by atoms with Gasteiger partial charge in [-0.1, -0.05) is 167 Å². The minimum Gasteiger partial charge on any atom is -0.391 e. The zero-order valence-corrected chi connectivity index (χ0v) is 32.4. The fourth-order valence-electron chi connectivity index (χ4n) is 6.01. The molecule has 0 aliphatic carbocycles. The Morgan fingerprint density at radius 3 is 1.56 bits per heavy atom. The highest BCUT2D eigenvalue weighted by Crippen LogP contribution is 2.43. The van der Waals surface area contributed by atoms with Crippen LogP contribution in [0.2, 0.25) is 0 Å². The highest BCUT2D eigenvalue weighted by atomic mass is 31.2. The van der Waals surface area contributed by atoms with Crippen molar-refractivity contribution in [3.63, 3.8) is 0 Å². The number of nitrogens with one attached hydrogen (secondary N) is 1. The van der Waals surface area contributed by atoms with Crippen LogP contribution in [0.15, 0.2) is 12.2 Å². The maximum atomic E-state index is 12.7. The maximum Gasteiger partial charge on any atom is 0.472 e. The fourth-order valence-corrected chi connectivity index (χ4v) is 6.77. The van der Waals surface area contributed by atoms with Gasteiger partial charge in [0.25, 0.3) is 0 Å². The van der Waals surface area contributed by atoms with Crippen molar-refractivity contribution in [1.29, 1.82) is 0 Å². The fraction of sp³-hybridized carbons (Fsp3) is 0.923. The van der Waals surface area contributed by atoms with Crippen LogP contribution in [-0.4, -0.2) is 47.8 Å². The van der Waals surface area contributed by atoms with Crippen LogP contribution >= 0.6 is 7.82 Å². The molecule has 5 N–H and O–H groups in total. The molecule has 0 rings (SSSR count). The summed E-state index contributed by atoms with van der Waals surface area (Å²) in [5.41, 5.74) is 5.37. The average Bonchev–Trinajstić information content (AvgIpc) is 3.07. The van der Waals surface area contributed by atoms with E-state index in [1.807, 2.05) is 0 Å². The van der Waals surface area contributed by atoms with Gasteiger partial charge in [0.1, 0.15) is 0 Å². The van der Waals surface area contributed by atoms with Crippen LogP contribution in [0, 0.1) is 0 Å². The summed E-state index contributed by atoms with van der Waals surface area (Å²) in [5, 5.41) is 13.8. The number of aliphatic hydroxyl groups excluding tert-OH is 1. The predicted molar refractivity (Wildman–Crippen MR) is 203 cm³/mol. The summed E-state index contributed by atoms with van der Waals surface area (Å²) in [5.74, 6) is -0.170. The number of carbonyl (C=O) groups excluding carboxylic acids is 1. The summed E-state index contributed by atoms with van der Waals surface area (Å²) < 4.78 is 22.1. The Morgan fingerprint density at radius 1 is 0.667 bits per heavy atom. The van der Waals surface area contributed by atoms with Crippen molar-refractivity contribution in [2.75, 3.05) is 19.8 Å². The molecule has 0 aromatic carbocycles. The quantitative estimate of drug-likeness (QED) is 0.0286. The number of unbranched alkanes of at least 4 members (excludes halogenated alkanes) is 24. The van der Waals surface area contributed by atoms with Gasteiger partial charge in [-0.2, -0.15) is 0 Å². The number of allylic oxidation sites excluding steroid dienone is 2. The van der Waals surface area contributed by atoms with Gasteiger partial charge in [-0.25, -0.2) is 4.57 Å². The summed E-state index contributed by atoms with van der Waals surface area (Å²) in [6.45, 7) is 4.19. The number of amides is 1. The van der Waals surface area contributed by atoms with Crippen LogP contribution in [0.3, 0.4) is 0 Å². The smallest absolute Gasteiger partial charge is 0.391 e. The molecular formula is C39H79N2O6P. The molecule has 8 nitrogen and oxygen atoms in total. The number of aliphatic hydroxyl groups is 1. The van der Waals surface area contributed by atoms with Gasteiger partial charge in [0.05, 0.1) is 25.4 Å². The molecule has 0 aromatic rings. The molecule has 9 heteroatoms. The Hall–Kier alpha value is -0.760. The van der Waals surface area contributed by atoms with Gasteiger partial charge < -0.3 is 21.1 Å². The van der Waals surface area contributed by atoms with Crippen molar-refractivity contribution >= 4 is 13.7 Å². The predicted octanol–water partition coefficient (Wildman–Crippen LogP) is 10.8. The zero-order valence-electron chi connectivity index (χ0n) is 31.5. The maximum absolute atomic E-state index is 12.7. The molecule has 0 saturated carbocycles. The highest BCUT2D eigenvalue weighted by Gasteiger charge is 2.27. The first kappa shape index (κ1) is 47.2. The van der Waals surface area contributed by atoms with Crippen LogP contribution in [0.1, 0.15) is 200 Å². The largest absolute Gasteiger partial charge is 0.472 e. The minimum absolute atomic E-state index is 0.0891. The first-order chi connectivity index (χ1) is 23.4. The second-order valence-corrected chi connectivity index (χ2v) is 15.3. The van der Waals surface area contributed by atoms with E-state index in [9.17, 15) is 19.4 Å². The second-order valence-electron chi connectivity index (χ2n) is 13.8. The molecular weight excluding hydrogens is 623 g/mol. The monoisotopic (exact) mass is 703 g/mol. The molecule has 0 heterocycles. The van der Waals surface area contributed by atoms with E-state index < -0.39 is 20.0 Å². The van der Waals surface area contributed by atoms with Crippen LogP contribution in [0.25, 0.3) is 0 Å². The Morgan fingerprint density at radius 2 is 1.08 bits per heavy atom. The van der Waals surface area contributed by atoms with Crippen molar-refractivity contribution in [3.05, 3.63) is 12.2 Å². The lowest BCUT2D eigenvalue weighted by molar-refractivity contribution is -0.123. The van der Waals surface area contributed by atoms with E-state index in [2.05, 4.69) is 31.3 Å². The van der Waals surface area contributed by atoms with Crippen LogP contribution in [-0.2, 0) is 18.4 Å². The molecule has 0 spiro atoms. The summed E-state index contributed by atoms with van der Waals surface area (Å²) >= 11 is 0. The SMILES string of the molecule is CCCCCC/C=C\CCCCCCCC(=O)NC(COP(=O)(O)OCCN)C(O)CCCCCCCCCCCCCCCCCC.